The molecule has 3 aromatic rings. The van der Waals surface area contributed by atoms with Crippen molar-refractivity contribution in [3.63, 3.8) is 0 Å². The number of benzene rings is 2. The molecule has 1 aromatic heterocycles. The van der Waals surface area contributed by atoms with Crippen molar-refractivity contribution in [2.45, 2.75) is 23.5 Å². The number of halogens is 3. The summed E-state index contributed by atoms with van der Waals surface area (Å²) in [5, 5.41) is 8.72. The van der Waals surface area contributed by atoms with E-state index in [4.69, 9.17) is 16.7 Å². The molecule has 0 saturated carbocycles. The Bertz CT molecular complexity index is 1230. The van der Waals surface area contributed by atoms with E-state index in [1.807, 2.05) is 0 Å². The van der Waals surface area contributed by atoms with E-state index < -0.39 is 39.3 Å². The molecule has 30 heavy (non-hydrogen) atoms. The molecule has 0 aliphatic heterocycles. The Morgan fingerprint density at radius 2 is 1.77 bits per heavy atom. The highest BCUT2D eigenvalue weighted by Crippen LogP contribution is 2.33. The number of ether oxygens (including phenoxy) is 1. The Morgan fingerprint density at radius 3 is 2.40 bits per heavy atom. The zero-order valence-corrected chi connectivity index (χ0v) is 17.0. The largest absolute Gasteiger partial charge is 0.506 e. The van der Waals surface area contributed by atoms with Crippen LogP contribution in [0.1, 0.15) is 11.3 Å². The first-order chi connectivity index (χ1) is 14.1. The van der Waals surface area contributed by atoms with Crippen LogP contribution < -0.4 is 0 Å². The lowest BCUT2D eigenvalue weighted by atomic mass is 9.99. The molecule has 3 rings (SSSR count). The number of aryl methyl sites for hydroxylation is 1. The van der Waals surface area contributed by atoms with Crippen LogP contribution in [0, 0.1) is 18.6 Å². The minimum atomic E-state index is -4.12. The summed E-state index contributed by atoms with van der Waals surface area (Å²) in [5.74, 6) is -1.58. The number of carboxylic acid groups (broad SMARTS) is 1. The number of sulfone groups is 1. The van der Waals surface area contributed by atoms with Gasteiger partial charge in [-0.3, -0.25) is 0 Å². The summed E-state index contributed by atoms with van der Waals surface area (Å²) >= 11 is 5.80. The molecule has 0 unspecified atom stereocenters. The van der Waals surface area contributed by atoms with E-state index in [2.05, 4.69) is 9.72 Å². The molecule has 1 N–H and O–H groups in total. The molecule has 0 bridgehead atoms. The lowest BCUT2D eigenvalue weighted by Gasteiger charge is -2.15. The number of rotatable bonds is 5. The van der Waals surface area contributed by atoms with Gasteiger partial charge in [-0.1, -0.05) is 11.6 Å². The Kier molecular flexibility index (Phi) is 6.04. The normalized spacial score (nSPS) is 11.3. The van der Waals surface area contributed by atoms with Gasteiger partial charge in [0.2, 0.25) is 9.84 Å². The second-order valence-electron chi connectivity index (χ2n) is 6.21. The molecule has 0 spiro atoms. The van der Waals surface area contributed by atoms with Gasteiger partial charge in [0.25, 0.3) is 0 Å². The highest BCUT2D eigenvalue weighted by Gasteiger charge is 2.24. The van der Waals surface area contributed by atoms with E-state index in [-0.39, 0.29) is 27.3 Å². The first-order valence-electron chi connectivity index (χ1n) is 8.42. The number of aromatic nitrogens is 1. The third kappa shape index (κ3) is 4.42. The smallest absolute Gasteiger partial charge is 0.450 e. The molecule has 0 atom stereocenters. The summed E-state index contributed by atoms with van der Waals surface area (Å²) < 4.78 is 58.8. The topological polar surface area (TPSA) is 93.6 Å². The van der Waals surface area contributed by atoms with Gasteiger partial charge in [0, 0.05) is 21.8 Å². The fourth-order valence-corrected chi connectivity index (χ4v) is 4.19. The van der Waals surface area contributed by atoms with Crippen molar-refractivity contribution in [3.8, 4) is 11.1 Å². The van der Waals surface area contributed by atoms with Gasteiger partial charge < -0.3 is 9.84 Å². The molecule has 10 heteroatoms. The third-order valence-electron chi connectivity index (χ3n) is 4.27. The van der Waals surface area contributed by atoms with Crippen LogP contribution in [0.15, 0.2) is 58.5 Å². The molecule has 0 fully saturated rings. The number of carbonyl (C=O) groups is 1. The van der Waals surface area contributed by atoms with Crippen molar-refractivity contribution in [1.29, 1.82) is 0 Å². The lowest BCUT2D eigenvalue weighted by molar-refractivity contribution is 0.0852. The van der Waals surface area contributed by atoms with Crippen LogP contribution in [0.3, 0.4) is 0 Å². The minimum absolute atomic E-state index is 0.0479. The molecule has 0 saturated heterocycles. The fraction of sp³-hybridized carbons (Fsp3) is 0.100. The van der Waals surface area contributed by atoms with Crippen molar-refractivity contribution in [3.05, 3.63) is 76.4 Å². The summed E-state index contributed by atoms with van der Waals surface area (Å²) in [6, 6.07) is 9.11. The molecule has 1 heterocycles. The first-order valence-corrected chi connectivity index (χ1v) is 10.3. The number of pyridine rings is 1. The molecule has 6 nitrogen and oxygen atoms in total. The second-order valence-corrected chi connectivity index (χ2v) is 8.54. The van der Waals surface area contributed by atoms with Crippen LogP contribution in [0.5, 0.6) is 0 Å². The second kappa shape index (κ2) is 8.37. The fourth-order valence-electron chi connectivity index (χ4n) is 2.80. The third-order valence-corrected chi connectivity index (χ3v) is 6.17. The molecule has 0 aliphatic rings. The predicted molar refractivity (Wildman–Crippen MR) is 104 cm³/mol. The van der Waals surface area contributed by atoms with Crippen molar-refractivity contribution >= 4 is 27.6 Å². The van der Waals surface area contributed by atoms with E-state index in [1.54, 1.807) is 0 Å². The summed E-state index contributed by atoms with van der Waals surface area (Å²) in [6.45, 7) is 0.892. The van der Waals surface area contributed by atoms with Crippen molar-refractivity contribution in [2.24, 2.45) is 0 Å². The zero-order chi connectivity index (χ0) is 22.1. The van der Waals surface area contributed by atoms with E-state index in [0.29, 0.717) is 5.02 Å². The molecule has 156 valence electrons. The molecule has 0 amide bonds. The van der Waals surface area contributed by atoms with E-state index in [1.165, 1.54) is 31.2 Å². The number of hydrogen-bond acceptors (Lipinski definition) is 5. The maximum Gasteiger partial charge on any atom is 0.506 e. The summed E-state index contributed by atoms with van der Waals surface area (Å²) in [5.41, 5.74) is -0.104. The Hall–Kier alpha value is -3.04. The van der Waals surface area contributed by atoms with Gasteiger partial charge in [0.1, 0.15) is 18.2 Å². The number of nitrogens with zero attached hydrogens (tertiary/aromatic N) is 1. The maximum absolute atomic E-state index is 14.5. The standard InChI is InChI=1S/C20H14ClF2NO5S/c1-11-17(10-29-20(25)26)15(16-8-13(22)4-7-18(16)23)9-19(24-11)30(27,28)14-5-2-12(21)3-6-14/h2-9H,10H2,1H3,(H,25,26). The Labute approximate surface area is 175 Å². The zero-order valence-electron chi connectivity index (χ0n) is 15.4. The van der Waals surface area contributed by atoms with Crippen molar-refractivity contribution in [2.75, 3.05) is 0 Å². The Balaban J connectivity index is 2.24. The molecular formula is C20H14ClF2NO5S. The lowest BCUT2D eigenvalue weighted by Crippen LogP contribution is -2.10. The van der Waals surface area contributed by atoms with Crippen molar-refractivity contribution in [1.82, 2.24) is 4.98 Å². The average Bonchev–Trinajstić information content (AvgIpc) is 2.68. The Morgan fingerprint density at radius 1 is 1.10 bits per heavy atom. The number of hydrogen-bond donors (Lipinski definition) is 1. The van der Waals surface area contributed by atoms with Gasteiger partial charge in [-0.05, 0) is 61.0 Å². The van der Waals surface area contributed by atoms with Crippen LogP contribution in [-0.4, -0.2) is 24.7 Å². The summed E-state index contributed by atoms with van der Waals surface area (Å²) in [4.78, 5) is 14.8. The van der Waals surface area contributed by atoms with Crippen LogP contribution in [0.25, 0.3) is 11.1 Å². The van der Waals surface area contributed by atoms with Crippen LogP contribution >= 0.6 is 11.6 Å². The quantitative estimate of drug-likeness (QED) is 0.545. The highest BCUT2D eigenvalue weighted by atomic mass is 35.5. The highest BCUT2D eigenvalue weighted by molar-refractivity contribution is 7.91. The van der Waals surface area contributed by atoms with Gasteiger partial charge in [-0.25, -0.2) is 27.0 Å². The maximum atomic E-state index is 14.5. The predicted octanol–water partition coefficient (Wildman–Crippen LogP) is 5.02. The van der Waals surface area contributed by atoms with E-state index in [0.717, 1.165) is 24.3 Å². The summed E-state index contributed by atoms with van der Waals surface area (Å²) in [6.07, 6.45) is -1.59. The molecule has 2 aromatic carbocycles. The average molecular weight is 454 g/mol. The molecule has 0 radical (unpaired) electrons. The van der Waals surface area contributed by atoms with Crippen LogP contribution in [0.4, 0.5) is 13.6 Å². The van der Waals surface area contributed by atoms with Crippen molar-refractivity contribution < 1.29 is 31.8 Å². The van der Waals surface area contributed by atoms with Gasteiger partial charge >= 0.3 is 6.16 Å². The first kappa shape index (κ1) is 21.7. The van der Waals surface area contributed by atoms with E-state index >= 15 is 0 Å². The van der Waals surface area contributed by atoms with Gasteiger partial charge in [-0.2, -0.15) is 0 Å². The van der Waals surface area contributed by atoms with Crippen LogP contribution in [-0.2, 0) is 21.2 Å². The molecular weight excluding hydrogens is 440 g/mol. The minimum Gasteiger partial charge on any atom is -0.450 e. The molecule has 0 aliphatic carbocycles. The summed E-state index contributed by atoms with van der Waals surface area (Å²) in [7, 11) is -4.12. The monoisotopic (exact) mass is 453 g/mol. The SMILES string of the molecule is Cc1nc(S(=O)(=O)c2ccc(Cl)cc2)cc(-c2cc(F)ccc2F)c1COC(=O)O. The van der Waals surface area contributed by atoms with Gasteiger partial charge in [0.05, 0.1) is 4.90 Å². The van der Waals surface area contributed by atoms with Gasteiger partial charge in [0.15, 0.2) is 5.03 Å². The van der Waals surface area contributed by atoms with E-state index in [9.17, 15) is 22.0 Å². The van der Waals surface area contributed by atoms with Crippen LogP contribution in [0.2, 0.25) is 5.02 Å². The van der Waals surface area contributed by atoms with Gasteiger partial charge in [-0.15, -0.1) is 0 Å².